The van der Waals surface area contributed by atoms with Gasteiger partial charge >= 0.3 is 0 Å². The fourth-order valence-corrected chi connectivity index (χ4v) is 2.45. The molecule has 4 nitrogen and oxygen atoms in total. The average molecular weight is 260 g/mol. The summed E-state index contributed by atoms with van der Waals surface area (Å²) in [6, 6.07) is 8.23. The molecule has 4 heteroatoms. The number of hydrogen-bond acceptors (Lipinski definition) is 2. The first-order chi connectivity index (χ1) is 9.28. The molecule has 1 aromatic heterocycles. The quantitative estimate of drug-likeness (QED) is 0.901. The number of hydrogen-bond donors (Lipinski definition) is 1. The van der Waals surface area contributed by atoms with Crippen LogP contribution in [0.2, 0.25) is 0 Å². The summed E-state index contributed by atoms with van der Waals surface area (Å²) in [5.41, 5.74) is 2.99. The van der Waals surface area contributed by atoms with Gasteiger partial charge in [0.2, 0.25) is 0 Å². The van der Waals surface area contributed by atoms with Gasteiger partial charge in [-0.15, -0.1) is 0 Å². The van der Waals surface area contributed by atoms with Crippen LogP contribution in [0, 0.1) is 0 Å². The number of benzene rings is 1. The Labute approximate surface area is 113 Å². The van der Waals surface area contributed by atoms with Crippen molar-refractivity contribution in [3.8, 4) is 0 Å². The molecule has 0 aliphatic carbocycles. The Hall–Kier alpha value is -1.81. The minimum absolute atomic E-state index is 0. The fraction of sp³-hybridized carbons (Fsp3) is 0.400. The first kappa shape index (κ1) is 12.2. The molecule has 0 atom stereocenters. The van der Waals surface area contributed by atoms with Gasteiger partial charge in [-0.25, -0.2) is 0 Å². The molecule has 2 heterocycles. The number of rotatable bonds is 2. The highest BCUT2D eigenvalue weighted by Gasteiger charge is 2.19. The molecule has 3 rings (SSSR count). The van der Waals surface area contributed by atoms with Gasteiger partial charge in [0.1, 0.15) is 5.69 Å². The predicted octanol–water partition coefficient (Wildman–Crippen LogP) is 2.45. The molecule has 0 unspecified atom stereocenters. The molecule has 102 valence electrons. The number of carbonyl (C=O) groups excluding carboxylic acids is 1. The molecule has 0 saturated carbocycles. The van der Waals surface area contributed by atoms with Crippen molar-refractivity contribution in [2.75, 3.05) is 26.3 Å². The zero-order chi connectivity index (χ0) is 13.2. The monoisotopic (exact) mass is 260 g/mol. The van der Waals surface area contributed by atoms with Gasteiger partial charge in [-0.1, -0.05) is 19.1 Å². The van der Waals surface area contributed by atoms with Crippen molar-refractivity contribution in [3.05, 3.63) is 35.5 Å². The van der Waals surface area contributed by atoms with E-state index in [9.17, 15) is 4.79 Å². The van der Waals surface area contributed by atoms with Crippen LogP contribution in [0.4, 0.5) is 0 Å². The minimum atomic E-state index is 0. The van der Waals surface area contributed by atoms with Crippen LogP contribution in [-0.2, 0) is 11.2 Å². The third-order valence-electron chi connectivity index (χ3n) is 3.62. The Morgan fingerprint density at radius 3 is 2.89 bits per heavy atom. The number of fused-ring (bicyclic) bond motifs is 1. The summed E-state index contributed by atoms with van der Waals surface area (Å²) in [4.78, 5) is 17.4. The second kappa shape index (κ2) is 5.05. The summed E-state index contributed by atoms with van der Waals surface area (Å²) >= 11 is 0. The van der Waals surface area contributed by atoms with Gasteiger partial charge in [0.15, 0.2) is 0 Å². The van der Waals surface area contributed by atoms with Crippen molar-refractivity contribution in [1.29, 1.82) is 0 Å². The van der Waals surface area contributed by atoms with Gasteiger partial charge in [-0.3, -0.25) is 4.79 Å². The maximum absolute atomic E-state index is 12.4. The average Bonchev–Trinajstić information content (AvgIpc) is 2.90. The van der Waals surface area contributed by atoms with E-state index in [1.54, 1.807) is 0 Å². The molecule has 1 aliphatic heterocycles. The third kappa shape index (κ3) is 2.36. The predicted molar refractivity (Wildman–Crippen MR) is 76.5 cm³/mol. The summed E-state index contributed by atoms with van der Waals surface area (Å²) in [6.07, 6.45) is 1.00. The van der Waals surface area contributed by atoms with Gasteiger partial charge in [-0.05, 0) is 24.1 Å². The lowest BCUT2D eigenvalue weighted by atomic mass is 10.1. The maximum Gasteiger partial charge on any atom is 0.270 e. The molecule has 1 aromatic carbocycles. The van der Waals surface area contributed by atoms with Crippen molar-refractivity contribution < 1.29 is 11.0 Å². The van der Waals surface area contributed by atoms with Crippen LogP contribution in [0.15, 0.2) is 24.3 Å². The van der Waals surface area contributed by atoms with Gasteiger partial charge < -0.3 is 14.6 Å². The molecular formula is C15H20N2O2. The van der Waals surface area contributed by atoms with E-state index in [-0.39, 0.29) is 7.33 Å². The van der Waals surface area contributed by atoms with Crippen LogP contribution in [0.5, 0.6) is 0 Å². The molecule has 2 aromatic rings. The lowest BCUT2D eigenvalue weighted by molar-refractivity contribution is 0.0299. The first-order valence-electron chi connectivity index (χ1n) is 6.76. The van der Waals surface area contributed by atoms with Crippen LogP contribution < -0.4 is 0 Å². The van der Waals surface area contributed by atoms with Crippen molar-refractivity contribution in [3.63, 3.8) is 0 Å². The Morgan fingerprint density at radius 2 is 2.16 bits per heavy atom. The molecule has 1 fully saturated rings. The van der Waals surface area contributed by atoms with E-state index in [2.05, 4.69) is 30.1 Å². The molecule has 0 spiro atoms. The molecule has 1 N–H and O–H groups in total. The van der Waals surface area contributed by atoms with E-state index < -0.39 is 0 Å². The fourth-order valence-electron chi connectivity index (χ4n) is 2.45. The number of amides is 1. The summed E-state index contributed by atoms with van der Waals surface area (Å²) < 4.78 is 5.27. The standard InChI is InChI=1S/C15H18N2O2.H2/c1-2-11-3-4-12-10-14(16-13(12)9-11)15(18)17-5-7-19-8-6-17;/h3-4,9-10,16H,2,5-8H2,1H3;1H. The lowest BCUT2D eigenvalue weighted by Crippen LogP contribution is -2.40. The number of aryl methyl sites for hydroxylation is 1. The number of ether oxygens (including phenoxy) is 1. The normalized spacial score (nSPS) is 15.9. The largest absolute Gasteiger partial charge is 0.378 e. The molecule has 19 heavy (non-hydrogen) atoms. The van der Waals surface area contributed by atoms with Crippen molar-refractivity contribution in [2.24, 2.45) is 0 Å². The molecule has 1 aliphatic rings. The van der Waals surface area contributed by atoms with Crippen LogP contribution in [0.3, 0.4) is 0 Å². The number of carbonyl (C=O) groups is 1. The molecule has 0 radical (unpaired) electrons. The second-order valence-electron chi connectivity index (χ2n) is 4.86. The Bertz CT molecular complexity index is 603. The van der Waals surface area contributed by atoms with Gasteiger partial charge in [0, 0.05) is 25.4 Å². The smallest absolute Gasteiger partial charge is 0.270 e. The lowest BCUT2D eigenvalue weighted by Gasteiger charge is -2.26. The molecule has 1 saturated heterocycles. The zero-order valence-corrected chi connectivity index (χ0v) is 11.1. The zero-order valence-electron chi connectivity index (χ0n) is 11.1. The Morgan fingerprint density at radius 1 is 1.37 bits per heavy atom. The summed E-state index contributed by atoms with van der Waals surface area (Å²) in [5, 5.41) is 1.09. The number of aromatic amines is 1. The summed E-state index contributed by atoms with van der Waals surface area (Å²) in [7, 11) is 0. The highest BCUT2D eigenvalue weighted by Crippen LogP contribution is 2.19. The topological polar surface area (TPSA) is 45.3 Å². The van der Waals surface area contributed by atoms with E-state index in [1.807, 2.05) is 11.0 Å². The minimum Gasteiger partial charge on any atom is -0.378 e. The molecular weight excluding hydrogens is 240 g/mol. The SMILES string of the molecule is CCc1ccc2cc(C(=O)N3CCOCC3)[nH]c2c1.[HH]. The number of morpholine rings is 1. The molecule has 0 bridgehead atoms. The maximum atomic E-state index is 12.4. The van der Waals surface area contributed by atoms with E-state index in [1.165, 1.54) is 5.56 Å². The number of nitrogens with one attached hydrogen (secondary N) is 1. The van der Waals surface area contributed by atoms with Gasteiger partial charge in [0.25, 0.3) is 5.91 Å². The summed E-state index contributed by atoms with van der Waals surface area (Å²) in [6.45, 7) is 4.74. The van der Waals surface area contributed by atoms with Crippen LogP contribution in [-0.4, -0.2) is 42.1 Å². The van der Waals surface area contributed by atoms with E-state index in [0.29, 0.717) is 32.0 Å². The third-order valence-corrected chi connectivity index (χ3v) is 3.62. The van der Waals surface area contributed by atoms with E-state index in [0.717, 1.165) is 17.3 Å². The number of nitrogens with zero attached hydrogens (tertiary/aromatic N) is 1. The number of aromatic nitrogens is 1. The Kier molecular flexibility index (Phi) is 3.25. The van der Waals surface area contributed by atoms with E-state index in [4.69, 9.17) is 4.74 Å². The van der Waals surface area contributed by atoms with Gasteiger partial charge in [0.05, 0.1) is 13.2 Å². The van der Waals surface area contributed by atoms with Crippen molar-refractivity contribution in [1.82, 2.24) is 9.88 Å². The second-order valence-corrected chi connectivity index (χ2v) is 4.86. The van der Waals surface area contributed by atoms with Crippen LogP contribution >= 0.6 is 0 Å². The van der Waals surface area contributed by atoms with Crippen LogP contribution in [0.1, 0.15) is 24.4 Å². The van der Waals surface area contributed by atoms with E-state index >= 15 is 0 Å². The first-order valence-corrected chi connectivity index (χ1v) is 6.76. The van der Waals surface area contributed by atoms with Gasteiger partial charge in [-0.2, -0.15) is 0 Å². The molecule has 1 amide bonds. The van der Waals surface area contributed by atoms with Crippen molar-refractivity contribution in [2.45, 2.75) is 13.3 Å². The van der Waals surface area contributed by atoms with Crippen LogP contribution in [0.25, 0.3) is 10.9 Å². The number of H-pyrrole nitrogens is 1. The summed E-state index contributed by atoms with van der Waals surface area (Å²) in [5.74, 6) is 0.0672. The van der Waals surface area contributed by atoms with Crippen molar-refractivity contribution >= 4 is 16.8 Å². The highest BCUT2D eigenvalue weighted by molar-refractivity contribution is 5.98. The highest BCUT2D eigenvalue weighted by atomic mass is 16.5. The Balaban J connectivity index is 0.00000147.